The molecular weight excluding hydrogens is 250 g/mol. The highest BCUT2D eigenvalue weighted by molar-refractivity contribution is 5.18. The largest absolute Gasteiger partial charge is 0.347 e. The van der Waals surface area contributed by atoms with Gasteiger partial charge in [0.15, 0.2) is 5.79 Å². The summed E-state index contributed by atoms with van der Waals surface area (Å²) in [5.74, 6) is 0.486. The van der Waals surface area contributed by atoms with Gasteiger partial charge in [0.05, 0.1) is 24.7 Å². The summed E-state index contributed by atoms with van der Waals surface area (Å²) < 4.78 is 11.8. The Kier molecular flexibility index (Phi) is 3.23. The summed E-state index contributed by atoms with van der Waals surface area (Å²) in [6, 6.07) is 2.67. The third-order valence-corrected chi connectivity index (χ3v) is 6.38. The van der Waals surface area contributed by atoms with Gasteiger partial charge >= 0.3 is 0 Å². The molecule has 110 valence electrons. The van der Waals surface area contributed by atoms with Gasteiger partial charge in [-0.3, -0.25) is 0 Å². The van der Waals surface area contributed by atoms with Crippen molar-refractivity contribution in [3.8, 4) is 6.07 Å². The van der Waals surface area contributed by atoms with Crippen molar-refractivity contribution in [2.24, 2.45) is 22.7 Å². The van der Waals surface area contributed by atoms with Gasteiger partial charge in [-0.05, 0) is 36.5 Å². The van der Waals surface area contributed by atoms with Crippen LogP contribution in [0, 0.1) is 34.0 Å². The third kappa shape index (κ3) is 1.78. The lowest BCUT2D eigenvalue weighted by Crippen LogP contribution is -2.55. The van der Waals surface area contributed by atoms with Gasteiger partial charge in [0.1, 0.15) is 0 Å². The summed E-state index contributed by atoms with van der Waals surface area (Å²) in [7, 11) is 0. The van der Waals surface area contributed by atoms with Crippen LogP contribution in [0.5, 0.6) is 0 Å². The molecule has 3 rings (SSSR count). The summed E-state index contributed by atoms with van der Waals surface area (Å²) in [4.78, 5) is 0. The predicted octanol–water partition coefficient (Wildman–Crippen LogP) is 3.66. The van der Waals surface area contributed by atoms with Gasteiger partial charge in [-0.2, -0.15) is 5.26 Å². The van der Waals surface area contributed by atoms with Crippen LogP contribution in [0.15, 0.2) is 12.7 Å². The Morgan fingerprint density at radius 1 is 1.25 bits per heavy atom. The zero-order valence-corrected chi connectivity index (χ0v) is 12.7. The first-order chi connectivity index (χ1) is 9.50. The van der Waals surface area contributed by atoms with Gasteiger partial charge in [-0.1, -0.05) is 19.9 Å². The molecule has 3 nitrogen and oxygen atoms in total. The van der Waals surface area contributed by atoms with Gasteiger partial charge in [0.25, 0.3) is 0 Å². The van der Waals surface area contributed by atoms with E-state index >= 15 is 0 Å². The monoisotopic (exact) mass is 275 g/mol. The Balaban J connectivity index is 1.96. The molecule has 3 aliphatic rings. The van der Waals surface area contributed by atoms with Crippen molar-refractivity contribution in [1.82, 2.24) is 0 Å². The maximum absolute atomic E-state index is 9.94. The van der Waals surface area contributed by atoms with Crippen molar-refractivity contribution in [1.29, 1.82) is 5.26 Å². The number of ether oxygens (including phenoxy) is 2. The lowest BCUT2D eigenvalue weighted by Gasteiger charge is -2.57. The van der Waals surface area contributed by atoms with Crippen LogP contribution in [0.25, 0.3) is 0 Å². The Hall–Kier alpha value is -0.850. The zero-order chi connectivity index (χ0) is 14.4. The predicted molar refractivity (Wildman–Crippen MR) is 76.7 cm³/mol. The van der Waals surface area contributed by atoms with Crippen LogP contribution >= 0.6 is 0 Å². The lowest BCUT2D eigenvalue weighted by molar-refractivity contribution is -0.222. The molecule has 0 aromatic rings. The molecule has 0 N–H and O–H groups in total. The van der Waals surface area contributed by atoms with Crippen LogP contribution in [0.4, 0.5) is 0 Å². The molecule has 20 heavy (non-hydrogen) atoms. The van der Waals surface area contributed by atoms with E-state index in [0.717, 1.165) is 32.1 Å². The highest BCUT2D eigenvalue weighted by atomic mass is 16.7. The van der Waals surface area contributed by atoms with Crippen LogP contribution in [0.3, 0.4) is 0 Å². The molecule has 3 fully saturated rings. The standard InChI is InChI=1S/C17H25NO2/c1-4-15(3)13(2)5-7-16(12-18)11-17(8-6-14(15)16)19-9-10-20-17/h4,13-14H,1,5-11H2,2-3H3/t13-,14-,15+,16+/m1/s1. The zero-order valence-electron chi connectivity index (χ0n) is 12.7. The minimum atomic E-state index is -0.477. The van der Waals surface area contributed by atoms with E-state index in [1.54, 1.807) is 0 Å². The molecule has 0 aromatic carbocycles. The van der Waals surface area contributed by atoms with Crippen LogP contribution in [-0.2, 0) is 9.47 Å². The second kappa shape index (κ2) is 4.58. The first kappa shape index (κ1) is 14.1. The molecule has 0 unspecified atom stereocenters. The molecule has 2 saturated carbocycles. The maximum atomic E-state index is 9.94. The number of nitrogens with zero attached hydrogens (tertiary/aromatic N) is 1. The maximum Gasteiger partial charge on any atom is 0.170 e. The highest BCUT2D eigenvalue weighted by Crippen LogP contribution is 2.62. The van der Waals surface area contributed by atoms with E-state index in [-0.39, 0.29) is 10.8 Å². The van der Waals surface area contributed by atoms with Crippen molar-refractivity contribution < 1.29 is 9.47 Å². The summed E-state index contributed by atoms with van der Waals surface area (Å²) in [6.07, 6.45) is 6.80. The van der Waals surface area contributed by atoms with Crippen molar-refractivity contribution in [2.75, 3.05) is 13.2 Å². The number of allylic oxidation sites excluding steroid dienone is 1. The van der Waals surface area contributed by atoms with E-state index in [9.17, 15) is 5.26 Å². The molecule has 1 saturated heterocycles. The lowest BCUT2D eigenvalue weighted by atomic mass is 9.47. The molecule has 3 heteroatoms. The molecule has 0 aromatic heterocycles. The third-order valence-electron chi connectivity index (χ3n) is 6.38. The first-order valence-electron chi connectivity index (χ1n) is 7.83. The SMILES string of the molecule is C=C[C@@]1(C)[C@H](C)CC[C@@]2(C#N)CC3(CC[C@@H]21)OCCO3. The van der Waals surface area contributed by atoms with E-state index in [1.807, 2.05) is 0 Å². The second-order valence-corrected chi connectivity index (χ2v) is 7.15. The smallest absolute Gasteiger partial charge is 0.170 e. The van der Waals surface area contributed by atoms with Gasteiger partial charge in [0, 0.05) is 12.8 Å². The van der Waals surface area contributed by atoms with Crippen molar-refractivity contribution in [3.63, 3.8) is 0 Å². The Morgan fingerprint density at radius 3 is 2.55 bits per heavy atom. The Labute approximate surface area is 121 Å². The quantitative estimate of drug-likeness (QED) is 0.686. The molecule has 0 radical (unpaired) electrons. The van der Waals surface area contributed by atoms with Gasteiger partial charge in [-0.25, -0.2) is 0 Å². The Bertz CT molecular complexity index is 448. The van der Waals surface area contributed by atoms with Crippen molar-refractivity contribution in [2.45, 2.75) is 51.7 Å². The molecule has 0 bridgehead atoms. The molecular formula is C17H25NO2. The molecule has 2 aliphatic carbocycles. The van der Waals surface area contributed by atoms with E-state index < -0.39 is 5.79 Å². The Morgan fingerprint density at radius 2 is 1.95 bits per heavy atom. The number of rotatable bonds is 1. The molecule has 1 aliphatic heterocycles. The van der Waals surface area contributed by atoms with Crippen LogP contribution in [0.2, 0.25) is 0 Å². The van der Waals surface area contributed by atoms with E-state index in [4.69, 9.17) is 9.47 Å². The summed E-state index contributed by atoms with van der Waals surface area (Å²) in [5, 5.41) is 9.94. The number of hydrogen-bond acceptors (Lipinski definition) is 3. The number of hydrogen-bond donors (Lipinski definition) is 0. The van der Waals surface area contributed by atoms with Gasteiger partial charge in [-0.15, -0.1) is 6.58 Å². The van der Waals surface area contributed by atoms with E-state index in [0.29, 0.717) is 25.0 Å². The summed E-state index contributed by atoms with van der Waals surface area (Å²) in [6.45, 7) is 10.0. The summed E-state index contributed by atoms with van der Waals surface area (Å²) >= 11 is 0. The molecule has 1 heterocycles. The second-order valence-electron chi connectivity index (χ2n) is 7.15. The fourth-order valence-electron chi connectivity index (χ4n) is 4.89. The van der Waals surface area contributed by atoms with E-state index in [1.165, 1.54) is 0 Å². The average molecular weight is 275 g/mol. The minimum absolute atomic E-state index is 0.0498. The molecule has 1 spiro atoms. The fraction of sp³-hybridized carbons (Fsp3) is 0.824. The number of nitriles is 1. The van der Waals surface area contributed by atoms with Crippen molar-refractivity contribution >= 4 is 0 Å². The van der Waals surface area contributed by atoms with Gasteiger partial charge < -0.3 is 9.47 Å². The highest BCUT2D eigenvalue weighted by Gasteiger charge is 2.60. The molecule has 4 atom stereocenters. The number of fused-ring (bicyclic) bond motifs is 1. The van der Waals surface area contributed by atoms with Crippen LogP contribution < -0.4 is 0 Å². The molecule has 0 amide bonds. The normalized spacial score (nSPS) is 46.6. The van der Waals surface area contributed by atoms with Crippen LogP contribution in [-0.4, -0.2) is 19.0 Å². The van der Waals surface area contributed by atoms with Crippen LogP contribution in [0.1, 0.15) is 46.0 Å². The van der Waals surface area contributed by atoms with E-state index in [2.05, 4.69) is 32.6 Å². The first-order valence-corrected chi connectivity index (χ1v) is 7.83. The average Bonchev–Trinajstić information content (AvgIpc) is 2.91. The minimum Gasteiger partial charge on any atom is -0.347 e. The summed E-state index contributed by atoms with van der Waals surface area (Å²) in [5.41, 5.74) is -0.258. The topological polar surface area (TPSA) is 42.2 Å². The van der Waals surface area contributed by atoms with Gasteiger partial charge in [0.2, 0.25) is 0 Å². The fourth-order valence-corrected chi connectivity index (χ4v) is 4.89. The van der Waals surface area contributed by atoms with Crippen molar-refractivity contribution in [3.05, 3.63) is 12.7 Å².